The van der Waals surface area contributed by atoms with Crippen LogP contribution in [0.2, 0.25) is 5.02 Å². The van der Waals surface area contributed by atoms with Crippen molar-refractivity contribution in [2.24, 2.45) is 5.73 Å². The molecule has 1 heterocycles. The summed E-state index contributed by atoms with van der Waals surface area (Å²) in [4.78, 5) is 2.04. The molecular weight excluding hydrogens is 325 g/mol. The lowest BCUT2D eigenvalue weighted by molar-refractivity contribution is 0.601. The van der Waals surface area contributed by atoms with Gasteiger partial charge in [-0.05, 0) is 35.0 Å². The first-order valence-corrected chi connectivity index (χ1v) is 6.94. The second-order valence-electron chi connectivity index (χ2n) is 3.67. The van der Waals surface area contributed by atoms with Gasteiger partial charge in [-0.2, -0.15) is 0 Å². The molecule has 1 nitrogen and oxygen atoms in total. The molecular formula is C12H10BrClFNS. The summed E-state index contributed by atoms with van der Waals surface area (Å²) in [6, 6.07) is 6.32. The van der Waals surface area contributed by atoms with Crippen molar-refractivity contribution in [1.82, 2.24) is 0 Å². The third kappa shape index (κ3) is 2.55. The highest BCUT2D eigenvalue weighted by Gasteiger charge is 2.18. The lowest BCUT2D eigenvalue weighted by Gasteiger charge is -2.11. The summed E-state index contributed by atoms with van der Waals surface area (Å²) in [5, 5.41) is 0.102. The average Bonchev–Trinajstić information content (AvgIpc) is 2.62. The first-order chi connectivity index (χ1) is 8.00. The van der Waals surface area contributed by atoms with Crippen LogP contribution in [0.4, 0.5) is 4.39 Å². The predicted molar refractivity (Wildman–Crippen MR) is 74.2 cm³/mol. The van der Waals surface area contributed by atoms with E-state index >= 15 is 0 Å². The Morgan fingerprint density at radius 1 is 1.47 bits per heavy atom. The lowest BCUT2D eigenvalue weighted by Crippen LogP contribution is -2.12. The fourth-order valence-electron chi connectivity index (χ4n) is 1.55. The molecule has 0 aliphatic heterocycles. The smallest absolute Gasteiger partial charge is 0.146 e. The summed E-state index contributed by atoms with van der Waals surface area (Å²) in [5.41, 5.74) is 6.48. The first-order valence-electron chi connectivity index (χ1n) is 4.96. The molecule has 0 spiro atoms. The average molecular weight is 335 g/mol. The number of nitrogens with two attached hydrogens (primary N) is 1. The lowest BCUT2D eigenvalue weighted by atomic mass is 10.1. The molecule has 0 saturated carbocycles. The van der Waals surface area contributed by atoms with Crippen molar-refractivity contribution in [2.75, 3.05) is 0 Å². The van der Waals surface area contributed by atoms with Crippen LogP contribution in [-0.2, 0) is 0 Å². The molecule has 0 bridgehead atoms. The van der Waals surface area contributed by atoms with E-state index < -0.39 is 11.9 Å². The highest BCUT2D eigenvalue weighted by Crippen LogP contribution is 2.34. The number of benzene rings is 1. The highest BCUT2D eigenvalue weighted by atomic mass is 79.9. The van der Waals surface area contributed by atoms with Crippen LogP contribution in [0.1, 0.15) is 21.4 Å². The maximum atomic E-state index is 13.8. The Morgan fingerprint density at radius 2 is 2.18 bits per heavy atom. The Balaban J connectivity index is 2.43. The Labute approximate surface area is 117 Å². The summed E-state index contributed by atoms with van der Waals surface area (Å²) in [7, 11) is 0. The van der Waals surface area contributed by atoms with Crippen molar-refractivity contribution in [1.29, 1.82) is 0 Å². The summed E-state index contributed by atoms with van der Waals surface area (Å²) < 4.78 is 14.8. The zero-order chi connectivity index (χ0) is 12.6. The molecule has 2 N–H and O–H groups in total. The van der Waals surface area contributed by atoms with Gasteiger partial charge in [0.05, 0.1) is 11.1 Å². The molecule has 5 heteroatoms. The van der Waals surface area contributed by atoms with Gasteiger partial charge in [-0.15, -0.1) is 11.3 Å². The quantitative estimate of drug-likeness (QED) is 0.849. The monoisotopic (exact) mass is 333 g/mol. The molecule has 90 valence electrons. The van der Waals surface area contributed by atoms with E-state index in [1.165, 1.54) is 6.07 Å². The fourth-order valence-corrected chi connectivity index (χ4v) is 3.31. The standard InChI is InChI=1S/C12H10BrClFNS/c1-6-8(13)5-10(17-6)12(16)7-3-2-4-9(14)11(7)15/h2-5,12H,16H2,1H3. The van der Waals surface area contributed by atoms with Gasteiger partial charge in [0.25, 0.3) is 0 Å². The van der Waals surface area contributed by atoms with Crippen LogP contribution in [0.5, 0.6) is 0 Å². The van der Waals surface area contributed by atoms with Crippen LogP contribution >= 0.6 is 38.9 Å². The molecule has 0 aliphatic carbocycles. The van der Waals surface area contributed by atoms with E-state index in [1.54, 1.807) is 23.5 Å². The van der Waals surface area contributed by atoms with E-state index in [4.69, 9.17) is 17.3 Å². The van der Waals surface area contributed by atoms with E-state index in [-0.39, 0.29) is 5.02 Å². The SMILES string of the molecule is Cc1sc(C(N)c2cccc(Cl)c2F)cc1Br. The normalized spacial score (nSPS) is 12.8. The maximum absolute atomic E-state index is 13.8. The number of thiophene rings is 1. The van der Waals surface area contributed by atoms with Gasteiger partial charge < -0.3 is 5.73 Å². The summed E-state index contributed by atoms with van der Waals surface area (Å²) in [6.07, 6.45) is 0. The van der Waals surface area contributed by atoms with E-state index in [0.29, 0.717) is 5.56 Å². The minimum Gasteiger partial charge on any atom is -0.320 e. The van der Waals surface area contributed by atoms with Gasteiger partial charge in [0.1, 0.15) is 5.82 Å². The van der Waals surface area contributed by atoms with Gasteiger partial charge in [-0.25, -0.2) is 4.39 Å². The van der Waals surface area contributed by atoms with Crippen molar-refractivity contribution >= 4 is 38.9 Å². The van der Waals surface area contributed by atoms with Crippen molar-refractivity contribution in [3.05, 3.63) is 54.9 Å². The van der Waals surface area contributed by atoms with Crippen LogP contribution in [-0.4, -0.2) is 0 Å². The Kier molecular flexibility index (Phi) is 3.88. The Morgan fingerprint density at radius 3 is 2.76 bits per heavy atom. The molecule has 0 aliphatic rings. The van der Waals surface area contributed by atoms with Crippen molar-refractivity contribution < 1.29 is 4.39 Å². The molecule has 2 rings (SSSR count). The minimum atomic E-state index is -0.483. The molecule has 17 heavy (non-hydrogen) atoms. The van der Waals surface area contributed by atoms with Gasteiger partial charge in [-0.3, -0.25) is 0 Å². The number of hydrogen-bond acceptors (Lipinski definition) is 2. The van der Waals surface area contributed by atoms with E-state index in [9.17, 15) is 4.39 Å². The van der Waals surface area contributed by atoms with Gasteiger partial charge in [-0.1, -0.05) is 23.7 Å². The number of rotatable bonds is 2. The molecule has 1 aromatic heterocycles. The third-order valence-electron chi connectivity index (χ3n) is 2.50. The fraction of sp³-hybridized carbons (Fsp3) is 0.167. The largest absolute Gasteiger partial charge is 0.320 e. The molecule has 0 amide bonds. The first kappa shape index (κ1) is 13.0. The zero-order valence-corrected chi connectivity index (χ0v) is 12.2. The molecule has 0 fully saturated rings. The highest BCUT2D eigenvalue weighted by molar-refractivity contribution is 9.10. The van der Waals surface area contributed by atoms with Gasteiger partial charge >= 0.3 is 0 Å². The topological polar surface area (TPSA) is 26.0 Å². The van der Waals surface area contributed by atoms with E-state index in [0.717, 1.165) is 14.2 Å². The Hall–Kier alpha value is -0.420. The van der Waals surface area contributed by atoms with Gasteiger partial charge in [0, 0.05) is 19.8 Å². The third-order valence-corrected chi connectivity index (χ3v) is 5.01. The zero-order valence-electron chi connectivity index (χ0n) is 9.01. The molecule has 1 aromatic carbocycles. The van der Waals surface area contributed by atoms with Crippen LogP contribution in [0.3, 0.4) is 0 Å². The molecule has 0 saturated heterocycles. The van der Waals surface area contributed by atoms with Crippen LogP contribution in [0.15, 0.2) is 28.7 Å². The minimum absolute atomic E-state index is 0.102. The van der Waals surface area contributed by atoms with Gasteiger partial charge in [0.15, 0.2) is 0 Å². The van der Waals surface area contributed by atoms with Gasteiger partial charge in [0.2, 0.25) is 0 Å². The van der Waals surface area contributed by atoms with E-state index in [1.807, 2.05) is 13.0 Å². The molecule has 1 atom stereocenters. The molecule has 1 unspecified atom stereocenters. The maximum Gasteiger partial charge on any atom is 0.146 e. The molecule has 2 aromatic rings. The van der Waals surface area contributed by atoms with Crippen molar-refractivity contribution in [3.63, 3.8) is 0 Å². The Bertz CT molecular complexity index is 536. The van der Waals surface area contributed by atoms with Crippen LogP contribution in [0.25, 0.3) is 0 Å². The number of halogens is 3. The summed E-state index contributed by atoms with van der Waals surface area (Å²) >= 11 is 10.7. The second-order valence-corrected chi connectivity index (χ2v) is 6.22. The number of aryl methyl sites for hydroxylation is 1. The van der Waals surface area contributed by atoms with Crippen molar-refractivity contribution in [3.8, 4) is 0 Å². The summed E-state index contributed by atoms with van der Waals surface area (Å²) in [6.45, 7) is 1.99. The van der Waals surface area contributed by atoms with Crippen LogP contribution in [0, 0.1) is 12.7 Å². The second kappa shape index (κ2) is 5.06. The molecule has 0 radical (unpaired) electrons. The number of hydrogen-bond donors (Lipinski definition) is 1. The van der Waals surface area contributed by atoms with Crippen LogP contribution < -0.4 is 5.73 Å². The summed E-state index contributed by atoms with van der Waals surface area (Å²) in [5.74, 6) is -0.441. The predicted octanol–water partition coefficient (Wildman–Crippen LogP) is 4.66. The van der Waals surface area contributed by atoms with E-state index in [2.05, 4.69) is 15.9 Å². The van der Waals surface area contributed by atoms with Crippen molar-refractivity contribution in [2.45, 2.75) is 13.0 Å².